The van der Waals surface area contributed by atoms with Crippen molar-refractivity contribution in [2.75, 3.05) is 36.4 Å². The second kappa shape index (κ2) is 8.52. The van der Waals surface area contributed by atoms with E-state index in [4.69, 9.17) is 0 Å². The number of carbonyl (C=O) groups excluding carboxylic acids is 2. The quantitative estimate of drug-likeness (QED) is 0.901. The Morgan fingerprint density at radius 3 is 2.19 bits per heavy atom. The van der Waals surface area contributed by atoms with Crippen molar-refractivity contribution in [1.82, 2.24) is 4.90 Å². The molecule has 26 heavy (non-hydrogen) atoms. The summed E-state index contributed by atoms with van der Waals surface area (Å²) in [5, 5.41) is 2.77. The smallest absolute Gasteiger partial charge is 0.223 e. The Morgan fingerprint density at radius 2 is 1.58 bits per heavy atom. The molecule has 1 heterocycles. The second-order valence-electron chi connectivity index (χ2n) is 6.58. The van der Waals surface area contributed by atoms with Crippen molar-refractivity contribution in [2.24, 2.45) is 0 Å². The zero-order valence-corrected chi connectivity index (χ0v) is 15.1. The Hall–Kier alpha value is -2.82. The lowest BCUT2D eigenvalue weighted by atomic mass is 10.1. The molecule has 2 amide bonds. The molecule has 2 aromatic rings. The molecule has 1 aliphatic heterocycles. The highest BCUT2D eigenvalue weighted by Crippen LogP contribution is 2.20. The predicted molar refractivity (Wildman–Crippen MR) is 104 cm³/mol. The van der Waals surface area contributed by atoms with Gasteiger partial charge >= 0.3 is 0 Å². The molecule has 1 aliphatic rings. The van der Waals surface area contributed by atoms with Crippen LogP contribution in [0, 0.1) is 0 Å². The van der Waals surface area contributed by atoms with Gasteiger partial charge in [-0.1, -0.05) is 30.3 Å². The van der Waals surface area contributed by atoms with Gasteiger partial charge in [-0.2, -0.15) is 0 Å². The lowest BCUT2D eigenvalue weighted by Gasteiger charge is -2.36. The molecule has 0 spiro atoms. The Bertz CT molecular complexity index is 736. The Labute approximate surface area is 154 Å². The first-order chi connectivity index (χ1) is 12.6. The van der Waals surface area contributed by atoms with E-state index < -0.39 is 0 Å². The van der Waals surface area contributed by atoms with Crippen LogP contribution in [-0.2, 0) is 16.0 Å². The lowest BCUT2D eigenvalue weighted by molar-refractivity contribution is -0.131. The van der Waals surface area contributed by atoms with Gasteiger partial charge in [0, 0.05) is 50.9 Å². The van der Waals surface area contributed by atoms with Gasteiger partial charge in [0.1, 0.15) is 0 Å². The number of hydrogen-bond donors (Lipinski definition) is 1. The number of aryl methyl sites for hydroxylation is 1. The van der Waals surface area contributed by atoms with Crippen molar-refractivity contribution in [3.63, 3.8) is 0 Å². The van der Waals surface area contributed by atoms with E-state index >= 15 is 0 Å². The molecule has 0 bridgehead atoms. The third kappa shape index (κ3) is 4.85. The van der Waals surface area contributed by atoms with E-state index in [1.165, 1.54) is 12.5 Å². The van der Waals surface area contributed by atoms with Crippen LogP contribution < -0.4 is 10.2 Å². The first-order valence-corrected chi connectivity index (χ1v) is 9.06. The average Bonchev–Trinajstić information content (AvgIpc) is 2.67. The molecule has 0 aliphatic carbocycles. The van der Waals surface area contributed by atoms with E-state index in [2.05, 4.69) is 22.3 Å². The summed E-state index contributed by atoms with van der Waals surface area (Å²) in [5.74, 6) is 0.162. The summed E-state index contributed by atoms with van der Waals surface area (Å²) in [7, 11) is 0. The third-order valence-electron chi connectivity index (χ3n) is 4.66. The van der Waals surface area contributed by atoms with Crippen molar-refractivity contribution in [3.8, 4) is 0 Å². The Morgan fingerprint density at radius 1 is 0.923 bits per heavy atom. The van der Waals surface area contributed by atoms with Gasteiger partial charge in [0.25, 0.3) is 0 Å². The number of carbonyl (C=O) groups is 2. The molecule has 5 nitrogen and oxygen atoms in total. The van der Waals surface area contributed by atoms with Crippen LogP contribution in [0.5, 0.6) is 0 Å². The summed E-state index contributed by atoms with van der Waals surface area (Å²) in [4.78, 5) is 27.8. The molecule has 1 N–H and O–H groups in total. The van der Waals surface area contributed by atoms with Gasteiger partial charge in [0.15, 0.2) is 0 Å². The fourth-order valence-corrected chi connectivity index (χ4v) is 3.23. The standard InChI is InChI=1S/C21H25N3O2/c1-17(25)22-19-8-10-20(11-9-19)23-13-15-24(16-14-23)21(26)12-7-18-5-3-2-4-6-18/h2-6,8-11H,7,12-16H2,1H3,(H,22,25). The molecule has 5 heteroatoms. The van der Waals surface area contributed by atoms with Gasteiger partial charge in [0.2, 0.25) is 11.8 Å². The van der Waals surface area contributed by atoms with Crippen molar-refractivity contribution in [3.05, 3.63) is 60.2 Å². The second-order valence-corrected chi connectivity index (χ2v) is 6.58. The highest BCUT2D eigenvalue weighted by Gasteiger charge is 2.21. The van der Waals surface area contributed by atoms with Crippen LogP contribution in [-0.4, -0.2) is 42.9 Å². The molecule has 0 unspecified atom stereocenters. The summed E-state index contributed by atoms with van der Waals surface area (Å²) in [5.41, 5.74) is 3.13. The summed E-state index contributed by atoms with van der Waals surface area (Å²) in [6.45, 7) is 4.66. The van der Waals surface area contributed by atoms with Crippen LogP contribution in [0.3, 0.4) is 0 Å². The zero-order valence-electron chi connectivity index (χ0n) is 15.1. The van der Waals surface area contributed by atoms with Crippen LogP contribution in [0.25, 0.3) is 0 Å². The molecular formula is C21H25N3O2. The molecule has 0 radical (unpaired) electrons. The fourth-order valence-electron chi connectivity index (χ4n) is 3.23. The highest BCUT2D eigenvalue weighted by atomic mass is 16.2. The fraction of sp³-hybridized carbons (Fsp3) is 0.333. The summed E-state index contributed by atoms with van der Waals surface area (Å²) in [6.07, 6.45) is 1.36. The largest absolute Gasteiger partial charge is 0.368 e. The molecule has 2 aromatic carbocycles. The predicted octanol–water partition coefficient (Wildman–Crippen LogP) is 2.93. The number of amides is 2. The zero-order chi connectivity index (χ0) is 18.4. The summed E-state index contributed by atoms with van der Waals surface area (Å²) >= 11 is 0. The van der Waals surface area contributed by atoms with E-state index in [1.807, 2.05) is 47.4 Å². The Kier molecular flexibility index (Phi) is 5.89. The van der Waals surface area contributed by atoms with Gasteiger partial charge in [-0.15, -0.1) is 0 Å². The number of nitrogens with one attached hydrogen (secondary N) is 1. The highest BCUT2D eigenvalue weighted by molar-refractivity contribution is 5.88. The molecule has 0 saturated carbocycles. The van der Waals surface area contributed by atoms with Gasteiger partial charge in [0.05, 0.1) is 0 Å². The number of rotatable bonds is 5. The third-order valence-corrected chi connectivity index (χ3v) is 4.66. The van der Waals surface area contributed by atoms with Crippen LogP contribution in [0.15, 0.2) is 54.6 Å². The molecule has 0 aromatic heterocycles. The Balaban J connectivity index is 1.47. The average molecular weight is 351 g/mol. The summed E-state index contributed by atoms with van der Waals surface area (Å²) in [6, 6.07) is 18.0. The SMILES string of the molecule is CC(=O)Nc1ccc(N2CCN(C(=O)CCc3ccccc3)CC2)cc1. The molecule has 3 rings (SSSR count). The lowest BCUT2D eigenvalue weighted by Crippen LogP contribution is -2.48. The van der Waals surface area contributed by atoms with Crippen LogP contribution in [0.2, 0.25) is 0 Å². The number of benzene rings is 2. The molecule has 1 saturated heterocycles. The maximum absolute atomic E-state index is 12.4. The van der Waals surface area contributed by atoms with Crippen LogP contribution >= 0.6 is 0 Å². The van der Waals surface area contributed by atoms with Crippen molar-refractivity contribution in [1.29, 1.82) is 0 Å². The van der Waals surface area contributed by atoms with E-state index in [-0.39, 0.29) is 11.8 Å². The molecule has 0 atom stereocenters. The monoisotopic (exact) mass is 351 g/mol. The number of hydrogen-bond acceptors (Lipinski definition) is 3. The number of piperazine rings is 1. The molecule has 1 fully saturated rings. The van der Waals surface area contributed by atoms with Crippen molar-refractivity contribution >= 4 is 23.2 Å². The number of nitrogens with zero attached hydrogens (tertiary/aromatic N) is 2. The van der Waals surface area contributed by atoms with Crippen molar-refractivity contribution in [2.45, 2.75) is 19.8 Å². The van der Waals surface area contributed by atoms with Gasteiger partial charge in [-0.25, -0.2) is 0 Å². The van der Waals surface area contributed by atoms with E-state index in [0.29, 0.717) is 6.42 Å². The minimum absolute atomic E-state index is 0.0691. The van der Waals surface area contributed by atoms with Crippen LogP contribution in [0.4, 0.5) is 11.4 Å². The summed E-state index contributed by atoms with van der Waals surface area (Å²) < 4.78 is 0. The maximum atomic E-state index is 12.4. The first-order valence-electron chi connectivity index (χ1n) is 9.06. The van der Waals surface area contributed by atoms with Gasteiger partial charge in [-0.3, -0.25) is 9.59 Å². The normalized spacial score (nSPS) is 14.2. The topological polar surface area (TPSA) is 52.7 Å². The van der Waals surface area contributed by atoms with E-state index in [0.717, 1.165) is 44.0 Å². The van der Waals surface area contributed by atoms with Crippen LogP contribution in [0.1, 0.15) is 18.9 Å². The molecular weight excluding hydrogens is 326 g/mol. The minimum atomic E-state index is -0.0691. The maximum Gasteiger partial charge on any atom is 0.223 e. The number of anilines is 2. The van der Waals surface area contributed by atoms with Gasteiger partial charge in [-0.05, 0) is 36.2 Å². The van der Waals surface area contributed by atoms with Gasteiger partial charge < -0.3 is 15.1 Å². The van der Waals surface area contributed by atoms with E-state index in [1.54, 1.807) is 0 Å². The van der Waals surface area contributed by atoms with E-state index in [9.17, 15) is 9.59 Å². The van der Waals surface area contributed by atoms with Crippen molar-refractivity contribution < 1.29 is 9.59 Å². The minimum Gasteiger partial charge on any atom is -0.368 e. The first kappa shape index (κ1) is 18.0. The molecule has 136 valence electrons.